The molecule has 1 N–H and O–H groups in total. The minimum absolute atomic E-state index is 0.00332. The average molecular weight is 330 g/mol. The molecule has 0 radical (unpaired) electrons. The number of aromatic hydroxyl groups is 1. The highest BCUT2D eigenvalue weighted by atomic mass is 16.5. The SMILES string of the molecule is C[C@@H]1CN(C(=O)c2ccc(O)cc2)CCN1C(=O)C1CC=CCO1. The summed E-state index contributed by atoms with van der Waals surface area (Å²) in [5.41, 5.74) is 0.542. The lowest BCUT2D eigenvalue weighted by Crippen LogP contribution is -2.57. The van der Waals surface area contributed by atoms with Crippen molar-refractivity contribution in [2.45, 2.75) is 25.5 Å². The Labute approximate surface area is 141 Å². The smallest absolute Gasteiger partial charge is 0.253 e. The molecule has 0 aliphatic carbocycles. The summed E-state index contributed by atoms with van der Waals surface area (Å²) < 4.78 is 5.51. The number of rotatable bonds is 2. The standard InChI is InChI=1S/C18H22N2O4/c1-13-12-19(17(22)14-5-7-15(21)8-6-14)9-10-20(13)18(23)16-4-2-3-11-24-16/h2-3,5-8,13,16,21H,4,9-12H2,1H3/t13-,16?/m1/s1. The lowest BCUT2D eigenvalue weighted by atomic mass is 10.1. The molecule has 24 heavy (non-hydrogen) atoms. The van der Waals surface area contributed by atoms with Crippen molar-refractivity contribution in [3.63, 3.8) is 0 Å². The fraction of sp³-hybridized carbons (Fsp3) is 0.444. The summed E-state index contributed by atoms with van der Waals surface area (Å²) in [6.45, 7) is 3.93. The van der Waals surface area contributed by atoms with E-state index >= 15 is 0 Å². The zero-order chi connectivity index (χ0) is 17.1. The number of nitrogens with zero attached hydrogens (tertiary/aromatic N) is 2. The second kappa shape index (κ2) is 7.05. The van der Waals surface area contributed by atoms with Crippen molar-refractivity contribution in [1.82, 2.24) is 9.80 Å². The summed E-state index contributed by atoms with van der Waals surface area (Å²) in [4.78, 5) is 28.7. The number of phenols is 1. The van der Waals surface area contributed by atoms with E-state index in [-0.39, 0.29) is 23.6 Å². The molecule has 1 fully saturated rings. The van der Waals surface area contributed by atoms with Gasteiger partial charge in [0.1, 0.15) is 11.9 Å². The molecule has 2 atom stereocenters. The van der Waals surface area contributed by atoms with Crippen LogP contribution in [0.1, 0.15) is 23.7 Å². The van der Waals surface area contributed by atoms with Crippen LogP contribution in [-0.2, 0) is 9.53 Å². The number of carbonyl (C=O) groups is 2. The molecule has 1 saturated heterocycles. The van der Waals surface area contributed by atoms with E-state index in [9.17, 15) is 14.7 Å². The van der Waals surface area contributed by atoms with Gasteiger partial charge in [0.25, 0.3) is 11.8 Å². The van der Waals surface area contributed by atoms with Crippen LogP contribution in [0.25, 0.3) is 0 Å². The van der Waals surface area contributed by atoms with Gasteiger partial charge >= 0.3 is 0 Å². The van der Waals surface area contributed by atoms with Crippen molar-refractivity contribution < 1.29 is 19.4 Å². The quantitative estimate of drug-likeness (QED) is 0.833. The van der Waals surface area contributed by atoms with E-state index in [1.165, 1.54) is 12.1 Å². The highest BCUT2D eigenvalue weighted by Gasteiger charge is 2.34. The Kier molecular flexibility index (Phi) is 4.85. The van der Waals surface area contributed by atoms with E-state index in [4.69, 9.17) is 4.74 Å². The van der Waals surface area contributed by atoms with Crippen LogP contribution in [0, 0.1) is 0 Å². The molecule has 0 aromatic heterocycles. The van der Waals surface area contributed by atoms with Crippen molar-refractivity contribution in [2.24, 2.45) is 0 Å². The van der Waals surface area contributed by atoms with E-state index in [0.717, 1.165) is 0 Å². The van der Waals surface area contributed by atoms with Crippen molar-refractivity contribution in [3.8, 4) is 5.75 Å². The molecule has 3 rings (SSSR count). The Hall–Kier alpha value is -2.34. The first kappa shape index (κ1) is 16.5. The van der Waals surface area contributed by atoms with E-state index in [0.29, 0.717) is 38.2 Å². The minimum atomic E-state index is -0.406. The van der Waals surface area contributed by atoms with Crippen LogP contribution in [0.2, 0.25) is 0 Å². The predicted molar refractivity (Wildman–Crippen MR) is 88.7 cm³/mol. The van der Waals surface area contributed by atoms with E-state index < -0.39 is 6.10 Å². The molecule has 2 heterocycles. The molecule has 6 heteroatoms. The molecule has 1 aromatic rings. The number of benzene rings is 1. The maximum Gasteiger partial charge on any atom is 0.253 e. The van der Waals surface area contributed by atoms with E-state index in [2.05, 4.69) is 0 Å². The lowest BCUT2D eigenvalue weighted by Gasteiger charge is -2.41. The summed E-state index contributed by atoms with van der Waals surface area (Å²) in [5, 5.41) is 9.32. The van der Waals surface area contributed by atoms with Gasteiger partial charge in [-0.1, -0.05) is 12.2 Å². The number of ether oxygens (including phenoxy) is 1. The van der Waals surface area contributed by atoms with E-state index in [1.807, 2.05) is 24.0 Å². The maximum absolute atomic E-state index is 12.6. The molecule has 128 valence electrons. The van der Waals surface area contributed by atoms with Gasteiger partial charge in [-0.2, -0.15) is 0 Å². The van der Waals surface area contributed by atoms with Crippen molar-refractivity contribution >= 4 is 11.8 Å². The zero-order valence-corrected chi connectivity index (χ0v) is 13.7. The zero-order valence-electron chi connectivity index (χ0n) is 13.7. The Morgan fingerprint density at radius 2 is 1.92 bits per heavy atom. The third kappa shape index (κ3) is 3.43. The van der Waals surface area contributed by atoms with Gasteiger partial charge < -0.3 is 19.6 Å². The number of piperazine rings is 1. The van der Waals surface area contributed by atoms with Crippen molar-refractivity contribution in [1.29, 1.82) is 0 Å². The Bertz CT molecular complexity index is 641. The summed E-state index contributed by atoms with van der Waals surface area (Å²) in [6.07, 6.45) is 4.10. The van der Waals surface area contributed by atoms with E-state index in [1.54, 1.807) is 17.0 Å². The number of hydrogen-bond acceptors (Lipinski definition) is 4. The Morgan fingerprint density at radius 1 is 1.17 bits per heavy atom. The molecule has 2 aliphatic rings. The summed E-state index contributed by atoms with van der Waals surface area (Å²) in [6, 6.07) is 6.18. The third-order valence-electron chi connectivity index (χ3n) is 4.50. The molecule has 1 aromatic carbocycles. The van der Waals surface area contributed by atoms with Crippen molar-refractivity contribution in [2.75, 3.05) is 26.2 Å². The maximum atomic E-state index is 12.6. The largest absolute Gasteiger partial charge is 0.508 e. The monoisotopic (exact) mass is 330 g/mol. The van der Waals surface area contributed by atoms with Crippen LogP contribution >= 0.6 is 0 Å². The number of phenolic OH excluding ortho intramolecular Hbond substituents is 1. The first-order valence-electron chi connectivity index (χ1n) is 8.21. The molecule has 2 aliphatic heterocycles. The van der Waals surface area contributed by atoms with Gasteiger partial charge in [0.15, 0.2) is 0 Å². The first-order valence-corrected chi connectivity index (χ1v) is 8.21. The lowest BCUT2D eigenvalue weighted by molar-refractivity contribution is -0.147. The molecule has 0 bridgehead atoms. The van der Waals surface area contributed by atoms with Gasteiger partial charge in [0.2, 0.25) is 0 Å². The molecular weight excluding hydrogens is 308 g/mol. The number of amides is 2. The first-order chi connectivity index (χ1) is 11.6. The van der Waals surface area contributed by atoms with Gasteiger partial charge in [0, 0.05) is 37.7 Å². The fourth-order valence-corrected chi connectivity index (χ4v) is 3.14. The van der Waals surface area contributed by atoms with Gasteiger partial charge in [-0.3, -0.25) is 9.59 Å². The number of hydrogen-bond donors (Lipinski definition) is 1. The fourth-order valence-electron chi connectivity index (χ4n) is 3.14. The summed E-state index contributed by atoms with van der Waals surface area (Å²) in [5.74, 6) is 0.0613. The van der Waals surface area contributed by atoms with Crippen LogP contribution < -0.4 is 0 Å². The molecular formula is C18H22N2O4. The minimum Gasteiger partial charge on any atom is -0.508 e. The molecule has 0 spiro atoms. The van der Waals surface area contributed by atoms with Gasteiger partial charge in [-0.25, -0.2) is 0 Å². The Morgan fingerprint density at radius 3 is 2.54 bits per heavy atom. The third-order valence-corrected chi connectivity index (χ3v) is 4.50. The van der Waals surface area contributed by atoms with Crippen LogP contribution in [0.15, 0.2) is 36.4 Å². The Balaban J connectivity index is 1.62. The molecule has 0 saturated carbocycles. The second-order valence-corrected chi connectivity index (χ2v) is 6.21. The number of carbonyl (C=O) groups excluding carboxylic acids is 2. The van der Waals surface area contributed by atoms with Gasteiger partial charge in [0.05, 0.1) is 6.61 Å². The molecule has 1 unspecified atom stereocenters. The average Bonchev–Trinajstić information content (AvgIpc) is 2.62. The van der Waals surface area contributed by atoms with Crippen LogP contribution in [0.5, 0.6) is 5.75 Å². The highest BCUT2D eigenvalue weighted by molar-refractivity contribution is 5.94. The van der Waals surface area contributed by atoms with Crippen molar-refractivity contribution in [3.05, 3.63) is 42.0 Å². The normalized spacial score (nSPS) is 24.0. The van der Waals surface area contributed by atoms with Crippen LogP contribution in [0.4, 0.5) is 0 Å². The second-order valence-electron chi connectivity index (χ2n) is 6.21. The predicted octanol–water partition coefficient (Wildman–Crippen LogP) is 1.41. The topological polar surface area (TPSA) is 70.1 Å². The van der Waals surface area contributed by atoms with Crippen LogP contribution in [0.3, 0.4) is 0 Å². The van der Waals surface area contributed by atoms with Gasteiger partial charge in [-0.05, 0) is 31.2 Å². The molecule has 6 nitrogen and oxygen atoms in total. The highest BCUT2D eigenvalue weighted by Crippen LogP contribution is 2.18. The summed E-state index contributed by atoms with van der Waals surface area (Å²) >= 11 is 0. The van der Waals surface area contributed by atoms with Gasteiger partial charge in [-0.15, -0.1) is 0 Å². The van der Waals surface area contributed by atoms with Crippen LogP contribution in [-0.4, -0.2) is 65.1 Å². The molecule has 2 amide bonds. The summed E-state index contributed by atoms with van der Waals surface area (Å²) in [7, 11) is 0.